The fourth-order valence-electron chi connectivity index (χ4n) is 1.92. The Hall–Kier alpha value is -0.770. The minimum Gasteiger partial charge on any atom is -0.389 e. The second-order valence-corrected chi connectivity index (χ2v) is 5.41. The molecule has 0 bridgehead atoms. The molecule has 1 rings (SSSR count). The molecule has 0 spiro atoms. The van der Waals surface area contributed by atoms with Gasteiger partial charge in [-0.25, -0.2) is 0 Å². The van der Waals surface area contributed by atoms with Crippen molar-refractivity contribution in [2.24, 2.45) is 0 Å². The van der Waals surface area contributed by atoms with Crippen LogP contribution < -0.4 is 10.2 Å². The van der Waals surface area contributed by atoms with Crippen LogP contribution >= 0.6 is 11.6 Å². The van der Waals surface area contributed by atoms with Crippen LogP contribution in [0.4, 0.5) is 5.69 Å². The number of rotatable bonds is 5. The van der Waals surface area contributed by atoms with Crippen molar-refractivity contribution in [3.63, 3.8) is 0 Å². The summed E-state index contributed by atoms with van der Waals surface area (Å²) in [4.78, 5) is 2.04. The molecule has 1 aromatic rings. The van der Waals surface area contributed by atoms with Crippen molar-refractivity contribution < 1.29 is 5.11 Å². The Morgan fingerprint density at radius 1 is 1.41 bits per heavy atom. The summed E-state index contributed by atoms with van der Waals surface area (Å²) in [5, 5.41) is 13.7. The molecule has 0 saturated heterocycles. The molecule has 0 heterocycles. The molecule has 0 aliphatic carbocycles. The second-order valence-electron chi connectivity index (χ2n) is 4.97. The lowest BCUT2D eigenvalue weighted by Gasteiger charge is -2.29. The zero-order valence-corrected chi connectivity index (χ0v) is 11.7. The van der Waals surface area contributed by atoms with Crippen molar-refractivity contribution in [3.05, 3.63) is 28.8 Å². The predicted octanol–water partition coefficient (Wildman–Crippen LogP) is 2.27. The smallest absolute Gasteiger partial charge is 0.0765 e. The first-order valence-corrected chi connectivity index (χ1v) is 6.08. The molecule has 1 aromatic carbocycles. The number of nitrogens with zero attached hydrogens (tertiary/aromatic N) is 1. The molecule has 3 nitrogen and oxygen atoms in total. The maximum absolute atomic E-state index is 9.84. The number of benzene rings is 1. The number of hydrogen-bond donors (Lipinski definition) is 2. The molecule has 0 aliphatic rings. The first kappa shape index (κ1) is 14.3. The van der Waals surface area contributed by atoms with Crippen LogP contribution in [0.25, 0.3) is 0 Å². The SMILES string of the molecule is CNCc1cc(Cl)ccc1N(C)CC(C)(C)O. The van der Waals surface area contributed by atoms with Crippen LogP contribution in [0.15, 0.2) is 18.2 Å². The molecule has 2 N–H and O–H groups in total. The van der Waals surface area contributed by atoms with Crippen LogP contribution in [0.5, 0.6) is 0 Å². The Bertz CT molecular complexity index is 374. The first-order valence-electron chi connectivity index (χ1n) is 5.70. The molecule has 0 fully saturated rings. The van der Waals surface area contributed by atoms with Crippen LogP contribution in [0.2, 0.25) is 5.02 Å². The molecule has 4 heteroatoms. The molecule has 0 amide bonds. The normalized spacial score (nSPS) is 11.6. The zero-order valence-electron chi connectivity index (χ0n) is 10.9. The third-order valence-corrected chi connectivity index (χ3v) is 2.68. The lowest BCUT2D eigenvalue weighted by Crippen LogP contribution is -2.36. The van der Waals surface area contributed by atoms with E-state index >= 15 is 0 Å². The van der Waals surface area contributed by atoms with Gasteiger partial charge in [-0.1, -0.05) is 11.6 Å². The molecule has 0 aromatic heterocycles. The van der Waals surface area contributed by atoms with Gasteiger partial charge in [0.1, 0.15) is 0 Å². The number of nitrogens with one attached hydrogen (secondary N) is 1. The van der Waals surface area contributed by atoms with Crippen LogP contribution in [0.1, 0.15) is 19.4 Å². The van der Waals surface area contributed by atoms with Crippen LogP contribution in [-0.4, -0.2) is 31.3 Å². The number of aliphatic hydroxyl groups is 1. The monoisotopic (exact) mass is 256 g/mol. The number of hydrogen-bond acceptors (Lipinski definition) is 3. The van der Waals surface area contributed by atoms with E-state index in [-0.39, 0.29) is 0 Å². The van der Waals surface area contributed by atoms with Crippen molar-refractivity contribution in [1.29, 1.82) is 0 Å². The van der Waals surface area contributed by atoms with Gasteiger partial charge in [0.2, 0.25) is 0 Å². The lowest BCUT2D eigenvalue weighted by molar-refractivity contribution is 0.0886. The molecular formula is C13H21ClN2O. The highest BCUT2D eigenvalue weighted by Gasteiger charge is 2.17. The third kappa shape index (κ3) is 4.54. The number of halogens is 1. The van der Waals surface area contributed by atoms with E-state index in [1.807, 2.05) is 37.2 Å². The van der Waals surface area contributed by atoms with E-state index in [4.69, 9.17) is 11.6 Å². The van der Waals surface area contributed by atoms with Gasteiger partial charge in [-0.05, 0) is 44.7 Å². The number of likely N-dealkylation sites (N-methyl/N-ethyl adjacent to an activating group) is 1. The highest BCUT2D eigenvalue weighted by atomic mass is 35.5. The van der Waals surface area contributed by atoms with Crippen molar-refractivity contribution in [3.8, 4) is 0 Å². The van der Waals surface area contributed by atoms with Gasteiger partial charge in [0.25, 0.3) is 0 Å². The summed E-state index contributed by atoms with van der Waals surface area (Å²) in [7, 11) is 3.88. The fourth-order valence-corrected chi connectivity index (χ4v) is 2.12. The van der Waals surface area contributed by atoms with Gasteiger partial charge < -0.3 is 15.3 Å². The van der Waals surface area contributed by atoms with E-state index in [0.29, 0.717) is 6.54 Å². The Kier molecular flexibility index (Phi) is 4.80. The summed E-state index contributed by atoms with van der Waals surface area (Å²) in [6.45, 7) is 4.94. The molecule has 96 valence electrons. The van der Waals surface area contributed by atoms with Crippen molar-refractivity contribution >= 4 is 17.3 Å². The van der Waals surface area contributed by atoms with E-state index in [0.717, 1.165) is 22.8 Å². The number of anilines is 1. The van der Waals surface area contributed by atoms with Crippen molar-refractivity contribution in [2.75, 3.05) is 25.5 Å². The summed E-state index contributed by atoms with van der Waals surface area (Å²) >= 11 is 5.99. The summed E-state index contributed by atoms with van der Waals surface area (Å²) < 4.78 is 0. The summed E-state index contributed by atoms with van der Waals surface area (Å²) in [6.07, 6.45) is 0. The van der Waals surface area contributed by atoms with Crippen molar-refractivity contribution in [2.45, 2.75) is 26.0 Å². The van der Waals surface area contributed by atoms with Gasteiger partial charge in [0.15, 0.2) is 0 Å². The highest BCUT2D eigenvalue weighted by molar-refractivity contribution is 6.30. The topological polar surface area (TPSA) is 35.5 Å². The van der Waals surface area contributed by atoms with Gasteiger partial charge in [0, 0.05) is 30.8 Å². The van der Waals surface area contributed by atoms with Gasteiger partial charge in [-0.2, -0.15) is 0 Å². The second kappa shape index (κ2) is 5.71. The van der Waals surface area contributed by atoms with E-state index in [9.17, 15) is 5.11 Å². The van der Waals surface area contributed by atoms with Crippen LogP contribution in [0, 0.1) is 0 Å². The fraction of sp³-hybridized carbons (Fsp3) is 0.538. The van der Waals surface area contributed by atoms with Crippen molar-refractivity contribution in [1.82, 2.24) is 5.32 Å². The molecule has 0 atom stereocenters. The maximum Gasteiger partial charge on any atom is 0.0765 e. The molecule has 0 saturated carbocycles. The van der Waals surface area contributed by atoms with Gasteiger partial charge in [-0.3, -0.25) is 0 Å². The standard InChI is InChI=1S/C13H21ClN2O/c1-13(2,17)9-16(4)12-6-5-11(14)7-10(12)8-15-3/h5-7,15,17H,8-9H2,1-4H3. The maximum atomic E-state index is 9.84. The van der Waals surface area contributed by atoms with E-state index in [1.165, 1.54) is 0 Å². The van der Waals surface area contributed by atoms with Gasteiger partial charge >= 0.3 is 0 Å². The largest absolute Gasteiger partial charge is 0.389 e. The molecule has 17 heavy (non-hydrogen) atoms. The summed E-state index contributed by atoms with van der Waals surface area (Å²) in [5.74, 6) is 0. The highest BCUT2D eigenvalue weighted by Crippen LogP contribution is 2.24. The zero-order chi connectivity index (χ0) is 13.1. The molecule has 0 aliphatic heterocycles. The Morgan fingerprint density at radius 3 is 2.59 bits per heavy atom. The lowest BCUT2D eigenvalue weighted by atomic mass is 10.1. The average Bonchev–Trinajstić information content (AvgIpc) is 2.15. The first-order chi connectivity index (χ1) is 7.83. The predicted molar refractivity (Wildman–Crippen MR) is 73.8 cm³/mol. The third-order valence-electron chi connectivity index (χ3n) is 2.44. The molecular weight excluding hydrogens is 236 g/mol. The van der Waals surface area contributed by atoms with E-state index in [1.54, 1.807) is 13.8 Å². The quantitative estimate of drug-likeness (QED) is 0.849. The van der Waals surface area contributed by atoms with Crippen LogP contribution in [0.3, 0.4) is 0 Å². The minimum atomic E-state index is -0.717. The summed E-state index contributed by atoms with van der Waals surface area (Å²) in [5.41, 5.74) is 1.50. The average molecular weight is 257 g/mol. The summed E-state index contributed by atoms with van der Waals surface area (Å²) in [6, 6.07) is 5.81. The van der Waals surface area contributed by atoms with Gasteiger partial charge in [-0.15, -0.1) is 0 Å². The molecule has 0 unspecified atom stereocenters. The van der Waals surface area contributed by atoms with Gasteiger partial charge in [0.05, 0.1) is 5.60 Å². The van der Waals surface area contributed by atoms with E-state index < -0.39 is 5.60 Å². The Morgan fingerprint density at radius 2 is 2.06 bits per heavy atom. The Labute approximate surface area is 108 Å². The van der Waals surface area contributed by atoms with Crippen LogP contribution in [-0.2, 0) is 6.54 Å². The minimum absolute atomic E-state index is 0.575. The van der Waals surface area contributed by atoms with E-state index in [2.05, 4.69) is 5.32 Å². The Balaban J connectivity index is 2.95. The molecule has 0 radical (unpaired) electrons.